The number of methoxy groups -OCH3 is 1. The van der Waals surface area contributed by atoms with E-state index in [-0.39, 0.29) is 11.9 Å². The number of halogens is 1. The van der Waals surface area contributed by atoms with Crippen LogP contribution in [0.3, 0.4) is 0 Å². The topological polar surface area (TPSA) is 21.3 Å². The molecule has 2 nitrogen and oxygen atoms in total. The van der Waals surface area contributed by atoms with Crippen molar-refractivity contribution >= 4 is 5.69 Å². The smallest absolute Gasteiger partial charge is 0.144 e. The highest BCUT2D eigenvalue weighted by Gasteiger charge is 2.11. The van der Waals surface area contributed by atoms with Crippen LogP contribution in [0.25, 0.3) is 0 Å². The van der Waals surface area contributed by atoms with Gasteiger partial charge in [0.05, 0.1) is 12.8 Å². The van der Waals surface area contributed by atoms with Crippen molar-refractivity contribution in [2.75, 3.05) is 12.4 Å². The number of hydrogen-bond donors (Lipinski definition) is 1. The van der Waals surface area contributed by atoms with Crippen LogP contribution >= 0.6 is 0 Å². The molecule has 3 heteroatoms. The van der Waals surface area contributed by atoms with E-state index in [0.717, 1.165) is 5.69 Å². The summed E-state index contributed by atoms with van der Waals surface area (Å²) in [6.45, 7) is 6.26. The molecular weight excluding hydrogens is 253 g/mol. The number of hydrogen-bond acceptors (Lipinski definition) is 2. The van der Waals surface area contributed by atoms with Crippen molar-refractivity contribution in [2.45, 2.75) is 26.8 Å². The fraction of sp³-hybridized carbons (Fsp3) is 0.294. The maximum atomic E-state index is 13.2. The van der Waals surface area contributed by atoms with E-state index >= 15 is 0 Å². The van der Waals surface area contributed by atoms with E-state index in [2.05, 4.69) is 44.3 Å². The fourth-order valence-electron chi connectivity index (χ4n) is 2.32. The van der Waals surface area contributed by atoms with E-state index in [4.69, 9.17) is 4.74 Å². The number of aryl methyl sites for hydroxylation is 2. The summed E-state index contributed by atoms with van der Waals surface area (Å²) in [7, 11) is 1.54. The summed E-state index contributed by atoms with van der Waals surface area (Å²) in [5.41, 5.74) is 4.49. The Kier molecular flexibility index (Phi) is 4.28. The van der Waals surface area contributed by atoms with Crippen LogP contribution in [-0.4, -0.2) is 7.11 Å². The third kappa shape index (κ3) is 3.10. The molecule has 0 aromatic heterocycles. The van der Waals surface area contributed by atoms with Crippen LogP contribution in [-0.2, 0) is 0 Å². The molecule has 0 saturated carbocycles. The molecule has 1 N–H and O–H groups in total. The van der Waals surface area contributed by atoms with Gasteiger partial charge in [-0.25, -0.2) is 4.39 Å². The van der Waals surface area contributed by atoms with Gasteiger partial charge < -0.3 is 10.1 Å². The van der Waals surface area contributed by atoms with Gasteiger partial charge in [-0.15, -0.1) is 0 Å². The first-order valence-corrected chi connectivity index (χ1v) is 6.68. The van der Waals surface area contributed by atoms with Crippen LogP contribution in [0.2, 0.25) is 0 Å². The van der Waals surface area contributed by atoms with Crippen LogP contribution < -0.4 is 10.1 Å². The van der Waals surface area contributed by atoms with Gasteiger partial charge in [0, 0.05) is 12.1 Å². The van der Waals surface area contributed by atoms with Gasteiger partial charge in [0.25, 0.3) is 0 Å². The molecule has 2 rings (SSSR count). The first kappa shape index (κ1) is 14.4. The van der Waals surface area contributed by atoms with E-state index in [1.807, 2.05) is 0 Å². The third-order valence-corrected chi connectivity index (χ3v) is 3.44. The molecule has 0 aliphatic heterocycles. The lowest BCUT2D eigenvalue weighted by Gasteiger charge is -2.20. The van der Waals surface area contributed by atoms with Gasteiger partial charge in [-0.05, 0) is 44.0 Å². The Bertz CT molecular complexity index is 610. The van der Waals surface area contributed by atoms with E-state index in [9.17, 15) is 4.39 Å². The molecule has 0 amide bonds. The number of nitrogens with one attached hydrogen (secondary N) is 1. The zero-order chi connectivity index (χ0) is 14.7. The highest BCUT2D eigenvalue weighted by Crippen LogP contribution is 2.30. The average Bonchev–Trinajstić information content (AvgIpc) is 2.43. The van der Waals surface area contributed by atoms with Crippen molar-refractivity contribution in [1.29, 1.82) is 0 Å². The molecular formula is C17H20FNO. The molecule has 2 aromatic carbocycles. The van der Waals surface area contributed by atoms with Crippen molar-refractivity contribution in [2.24, 2.45) is 0 Å². The first-order chi connectivity index (χ1) is 9.51. The Morgan fingerprint density at radius 2 is 1.85 bits per heavy atom. The lowest BCUT2D eigenvalue weighted by molar-refractivity contribution is 0.412. The Balaban J connectivity index is 2.27. The van der Waals surface area contributed by atoms with Crippen LogP contribution in [0, 0.1) is 19.7 Å². The zero-order valence-electron chi connectivity index (χ0n) is 12.3. The molecule has 2 aromatic rings. The molecule has 0 aliphatic carbocycles. The molecule has 0 bridgehead atoms. The van der Waals surface area contributed by atoms with E-state index in [1.54, 1.807) is 13.2 Å². The summed E-state index contributed by atoms with van der Waals surface area (Å²) in [6, 6.07) is 11.0. The minimum atomic E-state index is -0.299. The number of benzene rings is 2. The summed E-state index contributed by atoms with van der Waals surface area (Å²) in [5.74, 6) is 0.217. The minimum Gasteiger partial charge on any atom is -0.494 e. The molecule has 0 fully saturated rings. The van der Waals surface area contributed by atoms with Gasteiger partial charge in [-0.3, -0.25) is 0 Å². The average molecular weight is 273 g/mol. The monoisotopic (exact) mass is 273 g/mol. The largest absolute Gasteiger partial charge is 0.494 e. The van der Waals surface area contributed by atoms with E-state index < -0.39 is 0 Å². The molecule has 106 valence electrons. The van der Waals surface area contributed by atoms with Gasteiger partial charge in [-0.1, -0.05) is 23.8 Å². The zero-order valence-corrected chi connectivity index (χ0v) is 12.3. The second-order valence-corrected chi connectivity index (χ2v) is 5.07. The lowest BCUT2D eigenvalue weighted by atomic mass is 10.00. The Morgan fingerprint density at radius 1 is 1.10 bits per heavy atom. The van der Waals surface area contributed by atoms with Gasteiger partial charge in [0.15, 0.2) is 0 Å². The Morgan fingerprint density at radius 3 is 2.55 bits per heavy atom. The Labute approximate surface area is 119 Å². The summed E-state index contributed by atoms with van der Waals surface area (Å²) in [6.07, 6.45) is 0. The quantitative estimate of drug-likeness (QED) is 0.877. The standard InChI is InChI=1S/C17H20FNO/c1-11-5-6-12(2)15(9-11)13(3)19-16-8-7-14(18)10-17(16)20-4/h5-10,13,19H,1-4H3. The maximum Gasteiger partial charge on any atom is 0.144 e. The SMILES string of the molecule is COc1cc(F)ccc1NC(C)c1cc(C)ccc1C. The summed E-state index contributed by atoms with van der Waals surface area (Å²) < 4.78 is 18.4. The molecule has 0 saturated heterocycles. The lowest BCUT2D eigenvalue weighted by Crippen LogP contribution is -2.09. The van der Waals surface area contributed by atoms with E-state index in [1.165, 1.54) is 28.8 Å². The van der Waals surface area contributed by atoms with Crippen LogP contribution in [0.15, 0.2) is 36.4 Å². The second-order valence-electron chi connectivity index (χ2n) is 5.07. The molecule has 0 aliphatic rings. The van der Waals surface area contributed by atoms with Gasteiger partial charge >= 0.3 is 0 Å². The van der Waals surface area contributed by atoms with Gasteiger partial charge in [0.2, 0.25) is 0 Å². The van der Waals surface area contributed by atoms with Crippen LogP contribution in [0.4, 0.5) is 10.1 Å². The molecule has 0 heterocycles. The van der Waals surface area contributed by atoms with Gasteiger partial charge in [-0.2, -0.15) is 0 Å². The van der Waals surface area contributed by atoms with Gasteiger partial charge in [0.1, 0.15) is 11.6 Å². The first-order valence-electron chi connectivity index (χ1n) is 6.68. The summed E-state index contributed by atoms with van der Waals surface area (Å²) in [4.78, 5) is 0. The number of anilines is 1. The minimum absolute atomic E-state index is 0.120. The predicted molar refractivity (Wildman–Crippen MR) is 80.9 cm³/mol. The number of rotatable bonds is 4. The van der Waals surface area contributed by atoms with E-state index in [0.29, 0.717) is 5.75 Å². The fourth-order valence-corrected chi connectivity index (χ4v) is 2.32. The summed E-state index contributed by atoms with van der Waals surface area (Å²) >= 11 is 0. The summed E-state index contributed by atoms with van der Waals surface area (Å²) in [5, 5.41) is 3.38. The predicted octanol–water partition coefficient (Wildman–Crippen LogP) is 4.62. The molecule has 0 spiro atoms. The van der Waals surface area contributed by atoms with Crippen molar-refractivity contribution in [1.82, 2.24) is 0 Å². The highest BCUT2D eigenvalue weighted by molar-refractivity contribution is 5.58. The molecule has 1 unspecified atom stereocenters. The maximum absolute atomic E-state index is 13.2. The van der Waals surface area contributed by atoms with Crippen molar-refractivity contribution in [3.8, 4) is 5.75 Å². The molecule has 20 heavy (non-hydrogen) atoms. The Hall–Kier alpha value is -2.03. The third-order valence-electron chi connectivity index (χ3n) is 3.44. The van der Waals surface area contributed by atoms with Crippen molar-refractivity contribution in [3.05, 3.63) is 58.9 Å². The normalized spacial score (nSPS) is 12.1. The number of ether oxygens (including phenoxy) is 1. The highest BCUT2D eigenvalue weighted by atomic mass is 19.1. The van der Waals surface area contributed by atoms with Crippen molar-refractivity contribution < 1.29 is 9.13 Å². The van der Waals surface area contributed by atoms with Crippen LogP contribution in [0.1, 0.15) is 29.7 Å². The second kappa shape index (κ2) is 5.95. The molecule has 1 atom stereocenters. The molecule has 0 radical (unpaired) electrons. The van der Waals surface area contributed by atoms with Crippen LogP contribution in [0.5, 0.6) is 5.75 Å². The van der Waals surface area contributed by atoms with Crippen molar-refractivity contribution in [3.63, 3.8) is 0 Å².